The zero-order chi connectivity index (χ0) is 15.6. The number of rotatable bonds is 4. The van der Waals surface area contributed by atoms with Gasteiger partial charge in [-0.25, -0.2) is 0 Å². The van der Waals surface area contributed by atoms with Crippen LogP contribution in [0.2, 0.25) is 0 Å². The molecule has 1 amide bonds. The second kappa shape index (κ2) is 5.84. The highest BCUT2D eigenvalue weighted by Crippen LogP contribution is 2.24. The summed E-state index contributed by atoms with van der Waals surface area (Å²) in [5.41, 5.74) is 0.812. The highest BCUT2D eigenvalue weighted by Gasteiger charge is 2.15. The van der Waals surface area contributed by atoms with E-state index < -0.39 is 10.8 Å². The molecule has 0 saturated heterocycles. The minimum atomic E-state index is -0.496. The van der Waals surface area contributed by atoms with E-state index in [0.717, 1.165) is 11.3 Å². The molecule has 0 aliphatic heterocycles. The van der Waals surface area contributed by atoms with Crippen LogP contribution in [-0.2, 0) is 0 Å². The van der Waals surface area contributed by atoms with Crippen LogP contribution in [0, 0.1) is 17.0 Å². The first-order valence-electron chi connectivity index (χ1n) is 6.05. The number of anilines is 1. The summed E-state index contributed by atoms with van der Waals surface area (Å²) in [6, 6.07) is 7.62. The van der Waals surface area contributed by atoms with Crippen LogP contribution in [0.4, 0.5) is 11.4 Å². The molecule has 0 radical (unpaired) electrons. The Bertz CT molecular complexity index is 736. The molecule has 0 fully saturated rings. The van der Waals surface area contributed by atoms with Gasteiger partial charge < -0.3 is 5.32 Å². The number of aryl methyl sites for hydroxylation is 1. The Balaban J connectivity index is 2.21. The summed E-state index contributed by atoms with van der Waals surface area (Å²) in [5, 5.41) is 13.5. The van der Waals surface area contributed by atoms with Crippen molar-refractivity contribution in [3.63, 3.8) is 0 Å². The van der Waals surface area contributed by atoms with Crippen LogP contribution < -0.4 is 5.32 Å². The van der Waals surface area contributed by atoms with Crippen molar-refractivity contribution in [2.75, 3.05) is 5.32 Å². The van der Waals surface area contributed by atoms with Gasteiger partial charge in [-0.15, -0.1) is 11.3 Å². The summed E-state index contributed by atoms with van der Waals surface area (Å²) in [7, 11) is 0. The lowest BCUT2D eigenvalue weighted by Gasteiger charge is -2.04. The Kier molecular flexibility index (Phi) is 4.13. The number of ketones is 1. The molecule has 2 rings (SSSR count). The number of nitrogens with one attached hydrogen (secondary N) is 1. The number of benzene rings is 1. The maximum Gasteiger partial charge on any atom is 0.274 e. The molecule has 0 unspecified atom stereocenters. The fourth-order valence-electron chi connectivity index (χ4n) is 1.73. The molecule has 0 aliphatic rings. The van der Waals surface area contributed by atoms with Crippen molar-refractivity contribution in [3.05, 3.63) is 55.8 Å². The third-order valence-electron chi connectivity index (χ3n) is 2.84. The third-order valence-corrected chi connectivity index (χ3v) is 4.03. The first-order chi connectivity index (χ1) is 9.88. The first kappa shape index (κ1) is 14.9. The molecule has 2 aromatic rings. The number of amides is 1. The molecule has 7 heteroatoms. The van der Waals surface area contributed by atoms with Crippen LogP contribution in [-0.4, -0.2) is 16.6 Å². The van der Waals surface area contributed by atoms with Gasteiger partial charge in [0.05, 0.1) is 14.7 Å². The number of carbonyl (C=O) groups is 2. The van der Waals surface area contributed by atoms with E-state index in [4.69, 9.17) is 0 Å². The van der Waals surface area contributed by atoms with Crippen molar-refractivity contribution in [1.82, 2.24) is 0 Å². The molecule has 1 N–H and O–H groups in total. The number of nitro groups is 1. The molecule has 0 saturated carbocycles. The zero-order valence-corrected chi connectivity index (χ0v) is 12.2. The normalized spacial score (nSPS) is 10.2. The van der Waals surface area contributed by atoms with Crippen LogP contribution in [0.15, 0.2) is 30.3 Å². The van der Waals surface area contributed by atoms with Gasteiger partial charge in [-0.05, 0) is 32.0 Å². The summed E-state index contributed by atoms with van der Waals surface area (Å²) < 4.78 is 0. The standard InChI is InChI=1S/C14H12N2O4S/c1-8-3-4-10(7-11(8)16(19)20)15-14(18)13-6-5-12(21-13)9(2)17/h3-7H,1-2H3,(H,15,18). The maximum atomic E-state index is 12.0. The Morgan fingerprint density at radius 1 is 1.19 bits per heavy atom. The van der Waals surface area contributed by atoms with Crippen molar-refractivity contribution in [1.29, 1.82) is 0 Å². The number of hydrogen-bond donors (Lipinski definition) is 1. The molecular formula is C14H12N2O4S. The summed E-state index contributed by atoms with van der Waals surface area (Å²) in [6.45, 7) is 3.05. The van der Waals surface area contributed by atoms with E-state index >= 15 is 0 Å². The van der Waals surface area contributed by atoms with Gasteiger partial charge in [0, 0.05) is 17.3 Å². The lowest BCUT2D eigenvalue weighted by Crippen LogP contribution is -2.10. The lowest BCUT2D eigenvalue weighted by molar-refractivity contribution is -0.385. The molecular weight excluding hydrogens is 292 g/mol. The van der Waals surface area contributed by atoms with Gasteiger partial charge in [0.15, 0.2) is 5.78 Å². The van der Waals surface area contributed by atoms with Crippen molar-refractivity contribution in [3.8, 4) is 0 Å². The van der Waals surface area contributed by atoms with Gasteiger partial charge >= 0.3 is 0 Å². The van der Waals surface area contributed by atoms with Crippen LogP contribution in [0.1, 0.15) is 31.8 Å². The minimum absolute atomic E-state index is 0.0524. The van der Waals surface area contributed by atoms with E-state index in [9.17, 15) is 19.7 Å². The van der Waals surface area contributed by atoms with Crippen molar-refractivity contribution >= 4 is 34.4 Å². The topological polar surface area (TPSA) is 89.3 Å². The Hall–Kier alpha value is -2.54. The van der Waals surface area contributed by atoms with E-state index in [0.29, 0.717) is 21.0 Å². The van der Waals surface area contributed by atoms with Gasteiger partial charge in [0.2, 0.25) is 0 Å². The predicted octanol–water partition coefficient (Wildman–Crippen LogP) is 3.42. The number of hydrogen-bond acceptors (Lipinski definition) is 5. The largest absolute Gasteiger partial charge is 0.321 e. The third kappa shape index (κ3) is 3.32. The van der Waals surface area contributed by atoms with Gasteiger partial charge in [-0.3, -0.25) is 19.7 Å². The molecule has 0 spiro atoms. The average Bonchev–Trinajstić information content (AvgIpc) is 2.90. The van der Waals surface area contributed by atoms with Gasteiger partial charge in [0.1, 0.15) is 0 Å². The van der Waals surface area contributed by atoms with Gasteiger partial charge in [-0.1, -0.05) is 6.07 Å². The number of carbonyl (C=O) groups excluding carboxylic acids is 2. The van der Waals surface area contributed by atoms with E-state index in [1.807, 2.05) is 0 Å². The Morgan fingerprint density at radius 3 is 2.43 bits per heavy atom. The van der Waals surface area contributed by atoms with E-state index in [2.05, 4.69) is 5.32 Å². The van der Waals surface area contributed by atoms with Gasteiger partial charge in [0.25, 0.3) is 11.6 Å². The van der Waals surface area contributed by atoms with Crippen LogP contribution in [0.3, 0.4) is 0 Å². The van der Waals surface area contributed by atoms with Crippen LogP contribution in [0.5, 0.6) is 0 Å². The smallest absolute Gasteiger partial charge is 0.274 e. The van der Waals surface area contributed by atoms with E-state index in [1.54, 1.807) is 31.2 Å². The summed E-state index contributed by atoms with van der Waals surface area (Å²) in [4.78, 5) is 34.5. The number of nitro benzene ring substituents is 1. The molecule has 0 atom stereocenters. The molecule has 108 valence electrons. The summed E-state index contributed by atoms with van der Waals surface area (Å²) in [6.07, 6.45) is 0. The number of thiophene rings is 1. The maximum absolute atomic E-state index is 12.0. The number of nitrogens with zero attached hydrogens (tertiary/aromatic N) is 1. The zero-order valence-electron chi connectivity index (χ0n) is 11.4. The van der Waals surface area contributed by atoms with Crippen LogP contribution >= 0.6 is 11.3 Å². The first-order valence-corrected chi connectivity index (χ1v) is 6.87. The fraction of sp³-hybridized carbons (Fsp3) is 0.143. The minimum Gasteiger partial charge on any atom is -0.321 e. The van der Waals surface area contributed by atoms with Crippen molar-refractivity contribution in [2.24, 2.45) is 0 Å². The predicted molar refractivity (Wildman–Crippen MR) is 80.1 cm³/mol. The molecule has 6 nitrogen and oxygen atoms in total. The molecule has 1 aromatic carbocycles. The summed E-state index contributed by atoms with van der Waals surface area (Å²) >= 11 is 1.09. The molecule has 1 aromatic heterocycles. The Labute approximate surface area is 124 Å². The van der Waals surface area contributed by atoms with Crippen molar-refractivity contribution < 1.29 is 14.5 Å². The van der Waals surface area contributed by atoms with E-state index in [1.165, 1.54) is 13.0 Å². The molecule has 0 aliphatic carbocycles. The molecule has 0 bridgehead atoms. The van der Waals surface area contributed by atoms with Crippen molar-refractivity contribution in [2.45, 2.75) is 13.8 Å². The molecule has 21 heavy (non-hydrogen) atoms. The SMILES string of the molecule is CC(=O)c1ccc(C(=O)Nc2ccc(C)c([N+](=O)[O-])c2)s1. The Morgan fingerprint density at radius 2 is 1.86 bits per heavy atom. The lowest BCUT2D eigenvalue weighted by atomic mass is 10.2. The highest BCUT2D eigenvalue weighted by molar-refractivity contribution is 7.16. The second-order valence-electron chi connectivity index (χ2n) is 4.43. The second-order valence-corrected chi connectivity index (χ2v) is 5.52. The number of Topliss-reactive ketones (excluding diaryl/α,β-unsaturated/α-hetero) is 1. The van der Waals surface area contributed by atoms with Crippen LogP contribution in [0.25, 0.3) is 0 Å². The average molecular weight is 304 g/mol. The monoisotopic (exact) mass is 304 g/mol. The molecule has 1 heterocycles. The quantitative estimate of drug-likeness (QED) is 0.532. The highest BCUT2D eigenvalue weighted by atomic mass is 32.1. The fourth-order valence-corrected chi connectivity index (χ4v) is 2.52. The van der Waals surface area contributed by atoms with Gasteiger partial charge in [-0.2, -0.15) is 0 Å². The summed E-state index contributed by atoms with van der Waals surface area (Å²) in [5.74, 6) is -0.504. The van der Waals surface area contributed by atoms with E-state index in [-0.39, 0.29) is 11.5 Å².